The quantitative estimate of drug-likeness (QED) is 0.166. The van der Waals surface area contributed by atoms with Crippen LogP contribution in [0.2, 0.25) is 0 Å². The predicted molar refractivity (Wildman–Crippen MR) is 140 cm³/mol. The lowest BCUT2D eigenvalue weighted by molar-refractivity contribution is 0.247. The van der Waals surface area contributed by atoms with Crippen molar-refractivity contribution in [1.29, 1.82) is 5.26 Å². The maximum atomic E-state index is 12.1. The molecule has 4 aromatic rings. The summed E-state index contributed by atoms with van der Waals surface area (Å²) in [5.74, 6) is 2.25. The van der Waals surface area contributed by atoms with Gasteiger partial charge in [-0.3, -0.25) is 4.79 Å². The maximum Gasteiger partial charge on any atom is 0.270 e. The minimum Gasteiger partial charge on any atom is -0.493 e. The number of hydrogen-bond acceptors (Lipinski definition) is 7. The van der Waals surface area contributed by atoms with E-state index in [1.54, 1.807) is 24.3 Å². The lowest BCUT2D eigenvalue weighted by atomic mass is 10.1. The van der Waals surface area contributed by atoms with Crippen LogP contribution in [0, 0.1) is 11.3 Å². The molecule has 4 rings (SSSR count). The molecular formula is C28H25N3O4S. The molecule has 0 fully saturated rings. The highest BCUT2D eigenvalue weighted by Gasteiger charge is 2.13. The van der Waals surface area contributed by atoms with Gasteiger partial charge in [-0.2, -0.15) is 5.26 Å². The molecule has 0 spiro atoms. The molecule has 0 amide bonds. The fraction of sp³-hybridized carbons (Fsp3) is 0.179. The summed E-state index contributed by atoms with van der Waals surface area (Å²) in [6.45, 7) is 1.53. The van der Waals surface area contributed by atoms with Crippen LogP contribution < -0.4 is 19.8 Å². The number of aromatic amines is 1. The van der Waals surface area contributed by atoms with Crippen LogP contribution >= 0.6 is 11.8 Å². The first-order chi connectivity index (χ1) is 17.7. The molecule has 0 aliphatic rings. The number of H-pyrrole nitrogens is 1. The topological polar surface area (TPSA) is 97.2 Å². The Balaban J connectivity index is 1.22. The van der Waals surface area contributed by atoms with Crippen molar-refractivity contribution >= 4 is 11.8 Å². The van der Waals surface area contributed by atoms with Gasteiger partial charge in [0.05, 0.1) is 18.9 Å². The first-order valence-electron chi connectivity index (χ1n) is 11.4. The van der Waals surface area contributed by atoms with Crippen molar-refractivity contribution in [2.24, 2.45) is 0 Å². The summed E-state index contributed by atoms with van der Waals surface area (Å²) >= 11 is 1.31. The highest BCUT2D eigenvalue weighted by molar-refractivity contribution is 7.98. The van der Waals surface area contributed by atoms with E-state index in [0.29, 0.717) is 48.4 Å². The summed E-state index contributed by atoms with van der Waals surface area (Å²) in [5, 5.41) is 9.81. The zero-order chi connectivity index (χ0) is 25.2. The van der Waals surface area contributed by atoms with Crippen molar-refractivity contribution in [3.05, 3.63) is 100 Å². The number of hydrogen-bond donors (Lipinski definition) is 1. The molecule has 8 heteroatoms. The van der Waals surface area contributed by atoms with Gasteiger partial charge in [-0.05, 0) is 60.4 Å². The van der Waals surface area contributed by atoms with Crippen LogP contribution in [0.25, 0.3) is 11.3 Å². The number of thioether (sulfide) groups is 1. The molecule has 1 aromatic heterocycles. The third-order valence-electron chi connectivity index (χ3n) is 5.23. The van der Waals surface area contributed by atoms with E-state index in [1.165, 1.54) is 11.8 Å². The minimum atomic E-state index is -0.443. The van der Waals surface area contributed by atoms with E-state index in [9.17, 15) is 10.1 Å². The second kappa shape index (κ2) is 12.5. The van der Waals surface area contributed by atoms with Crippen LogP contribution in [0.15, 0.2) is 88.8 Å². The van der Waals surface area contributed by atoms with Crippen LogP contribution in [-0.4, -0.2) is 29.4 Å². The van der Waals surface area contributed by atoms with Crippen LogP contribution in [-0.2, 0) is 6.61 Å². The largest absolute Gasteiger partial charge is 0.493 e. The second-order valence-corrected chi connectivity index (χ2v) is 8.53. The van der Waals surface area contributed by atoms with Crippen molar-refractivity contribution < 1.29 is 14.2 Å². The molecule has 7 nitrogen and oxygen atoms in total. The molecule has 0 atom stereocenters. The van der Waals surface area contributed by atoms with E-state index >= 15 is 0 Å². The molecule has 36 heavy (non-hydrogen) atoms. The normalized spacial score (nSPS) is 10.4. The van der Waals surface area contributed by atoms with Crippen molar-refractivity contribution in [3.8, 4) is 34.6 Å². The van der Waals surface area contributed by atoms with Gasteiger partial charge in [0.1, 0.15) is 35.5 Å². The molecule has 0 aliphatic carbocycles. The Hall–Kier alpha value is -4.22. The van der Waals surface area contributed by atoms with Gasteiger partial charge in [-0.25, -0.2) is 4.98 Å². The van der Waals surface area contributed by atoms with Gasteiger partial charge in [0, 0.05) is 12.0 Å². The first kappa shape index (κ1) is 24.9. The van der Waals surface area contributed by atoms with Gasteiger partial charge >= 0.3 is 0 Å². The van der Waals surface area contributed by atoms with Crippen molar-refractivity contribution in [2.45, 2.75) is 18.2 Å². The van der Waals surface area contributed by atoms with Gasteiger partial charge in [0.2, 0.25) is 0 Å². The number of nitrogens with one attached hydrogen (secondary N) is 1. The summed E-state index contributed by atoms with van der Waals surface area (Å²) in [6, 6.07) is 26.7. The summed E-state index contributed by atoms with van der Waals surface area (Å²) in [5.41, 5.74) is 1.72. The van der Waals surface area contributed by atoms with Crippen molar-refractivity contribution in [1.82, 2.24) is 9.97 Å². The van der Waals surface area contributed by atoms with Gasteiger partial charge in [0.15, 0.2) is 5.16 Å². The van der Waals surface area contributed by atoms with Crippen LogP contribution in [0.4, 0.5) is 0 Å². The molecule has 0 saturated heterocycles. The molecular weight excluding hydrogens is 474 g/mol. The first-order valence-corrected chi connectivity index (χ1v) is 12.6. The number of nitrogens with zero attached hydrogens (tertiary/aromatic N) is 2. The van der Waals surface area contributed by atoms with E-state index in [-0.39, 0.29) is 5.56 Å². The number of aromatic nitrogens is 2. The average molecular weight is 500 g/mol. The zero-order valence-electron chi connectivity index (χ0n) is 19.8. The van der Waals surface area contributed by atoms with Gasteiger partial charge in [-0.1, -0.05) is 42.1 Å². The van der Waals surface area contributed by atoms with Gasteiger partial charge in [-0.15, -0.1) is 0 Å². The number of rotatable bonds is 11. The van der Waals surface area contributed by atoms with Gasteiger partial charge in [0.25, 0.3) is 5.56 Å². The van der Waals surface area contributed by atoms with Crippen LogP contribution in [0.3, 0.4) is 0 Å². The molecule has 1 heterocycles. The van der Waals surface area contributed by atoms with E-state index < -0.39 is 5.56 Å². The van der Waals surface area contributed by atoms with Crippen LogP contribution in [0.5, 0.6) is 17.2 Å². The summed E-state index contributed by atoms with van der Waals surface area (Å²) < 4.78 is 17.4. The lowest BCUT2D eigenvalue weighted by Gasteiger charge is -2.10. The van der Waals surface area contributed by atoms with Crippen LogP contribution in [0.1, 0.15) is 17.5 Å². The molecule has 182 valence electrons. The molecule has 0 saturated carbocycles. The van der Waals surface area contributed by atoms with E-state index in [0.717, 1.165) is 17.1 Å². The molecule has 3 aromatic carbocycles. The Bertz CT molecular complexity index is 1370. The highest BCUT2D eigenvalue weighted by atomic mass is 32.2. The Morgan fingerprint density at radius 2 is 1.44 bits per heavy atom. The third kappa shape index (κ3) is 6.68. The van der Waals surface area contributed by atoms with Crippen molar-refractivity contribution in [2.75, 3.05) is 19.5 Å². The molecule has 1 N–H and O–H groups in total. The molecule has 0 bridgehead atoms. The summed E-state index contributed by atoms with van der Waals surface area (Å²) in [6.07, 6.45) is 2.52. The summed E-state index contributed by atoms with van der Waals surface area (Å²) in [4.78, 5) is 19.1. The Labute approximate surface area is 213 Å². The lowest BCUT2D eigenvalue weighted by Crippen LogP contribution is -2.14. The second-order valence-electron chi connectivity index (χ2n) is 7.73. The number of ether oxygens (including phenoxy) is 3. The summed E-state index contributed by atoms with van der Waals surface area (Å²) in [7, 11) is 0. The maximum absolute atomic E-state index is 12.1. The Kier molecular flexibility index (Phi) is 8.62. The Morgan fingerprint density at radius 3 is 2.03 bits per heavy atom. The average Bonchev–Trinajstić information content (AvgIpc) is 2.93. The number of nitriles is 1. The highest BCUT2D eigenvalue weighted by Crippen LogP contribution is 2.24. The minimum absolute atomic E-state index is 0.00518. The molecule has 0 radical (unpaired) electrons. The molecule has 0 aliphatic heterocycles. The fourth-order valence-electron chi connectivity index (χ4n) is 3.38. The van der Waals surface area contributed by atoms with Gasteiger partial charge < -0.3 is 19.2 Å². The van der Waals surface area contributed by atoms with E-state index in [1.807, 2.05) is 66.9 Å². The SMILES string of the molecule is CSc1nc(-c2ccc(OCCCOc3ccc(OCc4ccccc4)cc3)cc2)c(C#N)c(=O)[nH]1. The predicted octanol–water partition coefficient (Wildman–Crippen LogP) is 5.46. The smallest absolute Gasteiger partial charge is 0.270 e. The van der Waals surface area contributed by atoms with Crippen molar-refractivity contribution in [3.63, 3.8) is 0 Å². The monoisotopic (exact) mass is 499 g/mol. The van der Waals surface area contributed by atoms with E-state index in [2.05, 4.69) is 9.97 Å². The zero-order valence-corrected chi connectivity index (χ0v) is 20.6. The Morgan fingerprint density at radius 1 is 0.861 bits per heavy atom. The van der Waals surface area contributed by atoms with E-state index in [4.69, 9.17) is 14.2 Å². The fourth-order valence-corrected chi connectivity index (χ4v) is 3.76. The number of benzene rings is 3. The molecule has 0 unspecified atom stereocenters. The standard InChI is InChI=1S/C28H25N3O4S/c1-36-28-30-26(25(18-29)27(32)31-28)21-8-10-22(11-9-21)33-16-5-17-34-23-12-14-24(15-13-23)35-19-20-6-3-2-4-7-20/h2-4,6-15H,5,16-17,19H2,1H3,(H,30,31,32). The third-order valence-corrected chi connectivity index (χ3v) is 5.81.